The van der Waals surface area contributed by atoms with Gasteiger partial charge in [-0.1, -0.05) is 48.5 Å². The van der Waals surface area contributed by atoms with Crippen molar-refractivity contribution in [1.82, 2.24) is 10.6 Å². The zero-order valence-electron chi connectivity index (χ0n) is 16.6. The van der Waals surface area contributed by atoms with Crippen molar-refractivity contribution in [3.8, 4) is 11.1 Å². The molecular formula is C22H28N4O3. The largest absolute Gasteiger partial charge is 0.459 e. The van der Waals surface area contributed by atoms with Crippen LogP contribution in [0.4, 0.5) is 0 Å². The molecule has 29 heavy (non-hydrogen) atoms. The predicted molar refractivity (Wildman–Crippen MR) is 112 cm³/mol. The molecule has 0 saturated carbocycles. The van der Waals surface area contributed by atoms with Gasteiger partial charge in [-0.25, -0.2) is 4.79 Å². The Balaban J connectivity index is 1.60. The van der Waals surface area contributed by atoms with Crippen LogP contribution in [0.3, 0.4) is 0 Å². The minimum absolute atomic E-state index is 0.0672. The molecule has 0 bridgehead atoms. The van der Waals surface area contributed by atoms with Crippen molar-refractivity contribution in [2.45, 2.75) is 31.1 Å². The molecule has 0 fully saturated rings. The second-order valence-electron chi connectivity index (χ2n) is 7.15. The molecule has 154 valence electrons. The van der Waals surface area contributed by atoms with Gasteiger partial charge in [0.2, 0.25) is 0 Å². The lowest BCUT2D eigenvalue weighted by atomic mass is 9.98. The molecule has 0 spiro atoms. The second kappa shape index (κ2) is 9.76. The van der Waals surface area contributed by atoms with Crippen molar-refractivity contribution in [1.29, 1.82) is 0 Å². The van der Waals surface area contributed by atoms with E-state index in [1.54, 1.807) is 7.05 Å². The summed E-state index contributed by atoms with van der Waals surface area (Å²) < 4.78 is 5.44. The minimum Gasteiger partial charge on any atom is -0.459 e. The van der Waals surface area contributed by atoms with Crippen LogP contribution in [-0.4, -0.2) is 44.3 Å². The number of fused-ring (bicyclic) bond motifs is 3. The van der Waals surface area contributed by atoms with Crippen LogP contribution in [0.25, 0.3) is 11.1 Å². The highest BCUT2D eigenvalue weighted by Gasteiger charge is 2.31. The van der Waals surface area contributed by atoms with Crippen LogP contribution in [0.5, 0.6) is 0 Å². The number of nitrogens with two attached hydrogens (primary N) is 2. The van der Waals surface area contributed by atoms with E-state index in [0.29, 0.717) is 19.4 Å². The topological polar surface area (TPSA) is 119 Å². The number of Topliss-reactive ketones (excluding diaryl/α,β-unsaturated/α-hetero) is 1. The van der Waals surface area contributed by atoms with Gasteiger partial charge in [-0.15, -0.1) is 0 Å². The van der Waals surface area contributed by atoms with Crippen LogP contribution in [0, 0.1) is 0 Å². The van der Waals surface area contributed by atoms with Gasteiger partial charge in [0, 0.05) is 5.92 Å². The molecule has 0 saturated heterocycles. The van der Waals surface area contributed by atoms with Gasteiger partial charge in [-0.05, 0) is 48.7 Å². The molecule has 7 heteroatoms. The lowest BCUT2D eigenvalue weighted by molar-refractivity contribution is -0.155. The third kappa shape index (κ3) is 4.89. The fraction of sp³-hybridized carbons (Fsp3) is 0.364. The summed E-state index contributed by atoms with van der Waals surface area (Å²) in [4.78, 5) is 24.9. The van der Waals surface area contributed by atoms with Crippen molar-refractivity contribution >= 4 is 11.8 Å². The number of ketones is 1. The first-order valence-electron chi connectivity index (χ1n) is 9.84. The molecule has 0 radical (unpaired) electrons. The standard InChI is InChI=1S/C22H28N4O3/c1-25-19(11-6-12-26-22(23)24)20(27)21(28)29-13-18-16-9-4-2-7-14(16)15-8-3-5-10-17(15)18/h2-5,7-10,18-19,22,25-26H,6,11-13,23-24H2,1H3/t19-/m0/s1. The molecule has 0 unspecified atom stereocenters. The molecule has 0 aliphatic heterocycles. The van der Waals surface area contributed by atoms with Crippen molar-refractivity contribution in [2.24, 2.45) is 11.5 Å². The Morgan fingerprint density at radius 1 is 1.03 bits per heavy atom. The zero-order valence-corrected chi connectivity index (χ0v) is 16.6. The number of nitrogens with one attached hydrogen (secondary N) is 2. The summed E-state index contributed by atoms with van der Waals surface area (Å²) in [6.07, 6.45) is 0.541. The normalized spacial score (nSPS) is 13.8. The molecule has 3 rings (SSSR count). The maximum atomic E-state index is 12.5. The maximum absolute atomic E-state index is 12.5. The Labute approximate surface area is 170 Å². The van der Waals surface area contributed by atoms with Crippen molar-refractivity contribution in [3.63, 3.8) is 0 Å². The quantitative estimate of drug-likeness (QED) is 0.205. The van der Waals surface area contributed by atoms with E-state index < -0.39 is 24.1 Å². The highest BCUT2D eigenvalue weighted by atomic mass is 16.5. The molecule has 2 aromatic carbocycles. The number of esters is 1. The average Bonchev–Trinajstić information content (AvgIpc) is 3.05. The van der Waals surface area contributed by atoms with E-state index in [9.17, 15) is 9.59 Å². The number of ether oxygens (including phenoxy) is 1. The smallest absolute Gasteiger partial charge is 0.376 e. The SMILES string of the molecule is CN[C@@H](CCCNC(N)N)C(=O)C(=O)OCC1c2ccccc2-c2ccccc21. The van der Waals surface area contributed by atoms with E-state index in [-0.39, 0.29) is 12.5 Å². The Morgan fingerprint density at radius 2 is 1.62 bits per heavy atom. The highest BCUT2D eigenvalue weighted by Crippen LogP contribution is 2.44. The van der Waals surface area contributed by atoms with E-state index in [1.165, 1.54) is 0 Å². The Kier molecular flexibility index (Phi) is 7.11. The first-order chi connectivity index (χ1) is 14.0. The van der Waals surface area contributed by atoms with Gasteiger partial charge in [0.25, 0.3) is 5.78 Å². The van der Waals surface area contributed by atoms with Gasteiger partial charge >= 0.3 is 5.97 Å². The number of likely N-dealkylation sites (N-methyl/N-ethyl adjacent to an activating group) is 1. The molecule has 2 aromatic rings. The maximum Gasteiger partial charge on any atom is 0.376 e. The summed E-state index contributed by atoms with van der Waals surface area (Å²) >= 11 is 0. The van der Waals surface area contributed by atoms with Crippen LogP contribution >= 0.6 is 0 Å². The number of benzene rings is 2. The first kappa shape index (κ1) is 21.1. The summed E-state index contributed by atoms with van der Waals surface area (Å²) in [7, 11) is 1.65. The Morgan fingerprint density at radius 3 is 2.17 bits per heavy atom. The summed E-state index contributed by atoms with van der Waals surface area (Å²) in [5, 5.41) is 5.76. The van der Waals surface area contributed by atoms with Gasteiger partial charge in [0.15, 0.2) is 0 Å². The molecule has 1 aliphatic carbocycles. The summed E-state index contributed by atoms with van der Waals surface area (Å²) in [5.41, 5.74) is 15.4. The summed E-state index contributed by atoms with van der Waals surface area (Å²) in [6.45, 7) is 0.701. The van der Waals surface area contributed by atoms with Crippen LogP contribution in [0.15, 0.2) is 48.5 Å². The fourth-order valence-corrected chi connectivity index (χ4v) is 3.79. The third-order valence-corrected chi connectivity index (χ3v) is 5.26. The van der Waals surface area contributed by atoms with Gasteiger partial charge in [-0.2, -0.15) is 0 Å². The Hall–Kier alpha value is -2.58. The fourth-order valence-electron chi connectivity index (χ4n) is 3.79. The van der Waals surface area contributed by atoms with Crippen LogP contribution in [0.2, 0.25) is 0 Å². The van der Waals surface area contributed by atoms with E-state index in [0.717, 1.165) is 22.3 Å². The zero-order chi connectivity index (χ0) is 20.8. The molecule has 1 atom stereocenters. The minimum atomic E-state index is -0.810. The second-order valence-corrected chi connectivity index (χ2v) is 7.15. The van der Waals surface area contributed by atoms with E-state index in [4.69, 9.17) is 16.2 Å². The summed E-state index contributed by atoms with van der Waals surface area (Å²) in [6, 6.07) is 15.6. The molecule has 6 N–H and O–H groups in total. The van der Waals surface area contributed by atoms with Crippen LogP contribution in [-0.2, 0) is 14.3 Å². The van der Waals surface area contributed by atoms with E-state index in [2.05, 4.69) is 22.8 Å². The van der Waals surface area contributed by atoms with E-state index in [1.807, 2.05) is 36.4 Å². The van der Waals surface area contributed by atoms with Gasteiger partial charge < -0.3 is 21.5 Å². The van der Waals surface area contributed by atoms with Gasteiger partial charge in [0.1, 0.15) is 12.9 Å². The van der Waals surface area contributed by atoms with Crippen molar-refractivity contribution < 1.29 is 14.3 Å². The van der Waals surface area contributed by atoms with Crippen molar-refractivity contribution in [2.75, 3.05) is 20.2 Å². The monoisotopic (exact) mass is 396 g/mol. The number of carbonyl (C=O) groups excluding carboxylic acids is 2. The Bertz CT molecular complexity index is 823. The lowest BCUT2D eigenvalue weighted by Crippen LogP contribution is -2.46. The third-order valence-electron chi connectivity index (χ3n) is 5.26. The number of hydrogen-bond acceptors (Lipinski definition) is 7. The van der Waals surface area contributed by atoms with E-state index >= 15 is 0 Å². The first-order valence-corrected chi connectivity index (χ1v) is 9.84. The highest BCUT2D eigenvalue weighted by molar-refractivity contribution is 6.35. The number of carbonyl (C=O) groups is 2. The van der Waals surface area contributed by atoms with Crippen LogP contribution in [0.1, 0.15) is 29.9 Å². The average molecular weight is 396 g/mol. The predicted octanol–water partition coefficient (Wildman–Crippen LogP) is 1.07. The molecular weight excluding hydrogens is 368 g/mol. The molecule has 0 aromatic heterocycles. The summed E-state index contributed by atoms with van der Waals surface area (Å²) in [5.74, 6) is -1.44. The molecule has 0 heterocycles. The van der Waals surface area contributed by atoms with Gasteiger partial charge in [0.05, 0.1) is 6.04 Å². The molecule has 1 aliphatic rings. The molecule has 0 amide bonds. The van der Waals surface area contributed by atoms with Crippen LogP contribution < -0.4 is 22.1 Å². The van der Waals surface area contributed by atoms with Gasteiger partial charge in [-0.3, -0.25) is 10.1 Å². The number of hydrogen-bond donors (Lipinski definition) is 4. The van der Waals surface area contributed by atoms with Crippen molar-refractivity contribution in [3.05, 3.63) is 59.7 Å². The molecule has 7 nitrogen and oxygen atoms in total. The lowest BCUT2D eigenvalue weighted by Gasteiger charge is -2.17. The number of rotatable bonds is 10.